The Bertz CT molecular complexity index is 1200. The average molecular weight is 392 g/mol. The van der Waals surface area contributed by atoms with Crippen molar-refractivity contribution in [3.63, 3.8) is 0 Å². The number of carbonyl (C=O) groups excluding carboxylic acids is 1. The van der Waals surface area contributed by atoms with Crippen molar-refractivity contribution in [2.75, 3.05) is 0 Å². The number of pyridine rings is 1. The molecule has 1 N–H and O–H groups in total. The molecule has 28 heavy (non-hydrogen) atoms. The molecule has 0 fully saturated rings. The molecule has 1 atom stereocenters. The second-order valence-electron chi connectivity index (χ2n) is 7.37. The number of thiophene rings is 1. The van der Waals surface area contributed by atoms with Gasteiger partial charge in [-0.15, -0.1) is 16.4 Å². The number of hydrogen-bond acceptors (Lipinski definition) is 6. The summed E-state index contributed by atoms with van der Waals surface area (Å²) < 4.78 is 1.70. The van der Waals surface area contributed by atoms with Gasteiger partial charge >= 0.3 is 0 Å². The maximum Gasteiger partial charge on any atom is 0.291 e. The number of fused-ring (bicyclic) bond motifs is 5. The van der Waals surface area contributed by atoms with E-state index in [1.807, 2.05) is 25.1 Å². The van der Waals surface area contributed by atoms with Crippen molar-refractivity contribution in [2.24, 2.45) is 5.92 Å². The van der Waals surface area contributed by atoms with Crippen LogP contribution in [0.1, 0.15) is 45.9 Å². The zero-order valence-corrected chi connectivity index (χ0v) is 16.6. The van der Waals surface area contributed by atoms with Gasteiger partial charge in [0.1, 0.15) is 10.7 Å². The molecule has 4 heterocycles. The molecule has 5 rings (SSSR count). The van der Waals surface area contributed by atoms with Gasteiger partial charge in [-0.05, 0) is 49.8 Å². The SMILES string of the molecule is Cc1nc2sc3c(c2c2nc(C(=O)NCc4ccccn4)nn12)CC(C)CC3. The number of nitrogens with one attached hydrogen (secondary N) is 1. The van der Waals surface area contributed by atoms with Gasteiger partial charge < -0.3 is 5.32 Å². The van der Waals surface area contributed by atoms with Gasteiger partial charge in [0, 0.05) is 11.1 Å². The Kier molecular flexibility index (Phi) is 4.08. The normalized spacial score (nSPS) is 16.4. The highest BCUT2D eigenvalue weighted by molar-refractivity contribution is 7.19. The Morgan fingerprint density at radius 1 is 1.36 bits per heavy atom. The van der Waals surface area contributed by atoms with Crippen LogP contribution >= 0.6 is 11.3 Å². The molecule has 4 aromatic heterocycles. The predicted molar refractivity (Wildman–Crippen MR) is 107 cm³/mol. The van der Waals surface area contributed by atoms with Crippen LogP contribution < -0.4 is 5.32 Å². The van der Waals surface area contributed by atoms with E-state index in [0.717, 1.165) is 40.2 Å². The van der Waals surface area contributed by atoms with Crippen molar-refractivity contribution in [3.8, 4) is 0 Å². The van der Waals surface area contributed by atoms with Gasteiger partial charge in [-0.2, -0.15) is 4.52 Å². The van der Waals surface area contributed by atoms with Crippen LogP contribution in [0.25, 0.3) is 15.9 Å². The molecule has 0 saturated carbocycles. The molecule has 8 heteroatoms. The van der Waals surface area contributed by atoms with Crippen LogP contribution in [-0.2, 0) is 19.4 Å². The Morgan fingerprint density at radius 3 is 3.07 bits per heavy atom. The summed E-state index contributed by atoms with van der Waals surface area (Å²) in [6, 6.07) is 5.61. The smallest absolute Gasteiger partial charge is 0.291 e. The van der Waals surface area contributed by atoms with Crippen LogP contribution in [0.3, 0.4) is 0 Å². The number of aryl methyl sites for hydroxylation is 2. The molecule has 4 aromatic rings. The summed E-state index contributed by atoms with van der Waals surface area (Å²) in [4.78, 5) is 28.6. The van der Waals surface area contributed by atoms with E-state index in [9.17, 15) is 4.79 Å². The second-order valence-corrected chi connectivity index (χ2v) is 8.45. The highest BCUT2D eigenvalue weighted by atomic mass is 32.1. The summed E-state index contributed by atoms with van der Waals surface area (Å²) in [5.74, 6) is 1.25. The zero-order valence-electron chi connectivity index (χ0n) is 15.8. The van der Waals surface area contributed by atoms with E-state index in [1.54, 1.807) is 22.0 Å². The number of nitrogens with zero attached hydrogens (tertiary/aromatic N) is 5. The van der Waals surface area contributed by atoms with Gasteiger partial charge in [-0.25, -0.2) is 9.97 Å². The number of carbonyl (C=O) groups is 1. The molecule has 0 aromatic carbocycles. The fraction of sp³-hybridized carbons (Fsp3) is 0.350. The minimum Gasteiger partial charge on any atom is -0.344 e. The number of aromatic nitrogens is 5. The molecule has 1 unspecified atom stereocenters. The molecule has 142 valence electrons. The first-order valence-electron chi connectivity index (χ1n) is 9.46. The molecule has 0 bridgehead atoms. The molecular weight excluding hydrogens is 372 g/mol. The molecular formula is C20H20N6OS. The van der Waals surface area contributed by atoms with Crippen molar-refractivity contribution >= 4 is 33.1 Å². The number of hydrogen-bond donors (Lipinski definition) is 1. The van der Waals surface area contributed by atoms with Gasteiger partial charge in [-0.3, -0.25) is 9.78 Å². The molecule has 0 radical (unpaired) electrons. The zero-order chi connectivity index (χ0) is 19.3. The third-order valence-electron chi connectivity index (χ3n) is 5.25. The van der Waals surface area contributed by atoms with E-state index < -0.39 is 0 Å². The summed E-state index contributed by atoms with van der Waals surface area (Å²) in [6.45, 7) is 4.52. The fourth-order valence-electron chi connectivity index (χ4n) is 3.80. The predicted octanol–water partition coefficient (Wildman–Crippen LogP) is 3.10. The lowest BCUT2D eigenvalue weighted by atomic mass is 9.89. The fourth-order valence-corrected chi connectivity index (χ4v) is 5.05. The van der Waals surface area contributed by atoms with Crippen LogP contribution in [0.4, 0.5) is 0 Å². The monoisotopic (exact) mass is 392 g/mol. The molecule has 0 saturated heterocycles. The lowest BCUT2D eigenvalue weighted by Crippen LogP contribution is -2.24. The van der Waals surface area contributed by atoms with Crippen LogP contribution in [-0.4, -0.2) is 30.5 Å². The van der Waals surface area contributed by atoms with Crippen LogP contribution in [0.2, 0.25) is 0 Å². The molecule has 7 nitrogen and oxygen atoms in total. The van der Waals surface area contributed by atoms with Crippen molar-refractivity contribution in [1.82, 2.24) is 29.9 Å². The summed E-state index contributed by atoms with van der Waals surface area (Å²) >= 11 is 1.75. The summed E-state index contributed by atoms with van der Waals surface area (Å²) in [7, 11) is 0. The Hall–Kier alpha value is -2.87. The second kappa shape index (κ2) is 6.63. The van der Waals surface area contributed by atoms with Gasteiger partial charge in [0.15, 0.2) is 5.65 Å². The number of amides is 1. The largest absolute Gasteiger partial charge is 0.344 e. The average Bonchev–Trinajstić information content (AvgIpc) is 3.28. The summed E-state index contributed by atoms with van der Waals surface area (Å²) in [6.07, 6.45) is 5.04. The molecule has 0 aliphatic heterocycles. The van der Waals surface area contributed by atoms with E-state index in [1.165, 1.54) is 16.9 Å². The molecule has 1 amide bonds. The first kappa shape index (κ1) is 17.2. The molecule has 0 spiro atoms. The standard InChI is InChI=1S/C20H20N6OS/c1-11-6-7-15-14(9-11)16-18-24-17(25-26(18)12(2)23-20(16)28-15)19(27)22-10-13-5-3-4-8-21-13/h3-5,8,11H,6-7,9-10H2,1-2H3,(H,22,27). The van der Waals surface area contributed by atoms with E-state index in [2.05, 4.69) is 27.3 Å². The maximum atomic E-state index is 12.6. The first-order valence-corrected chi connectivity index (χ1v) is 10.3. The minimum atomic E-state index is -0.306. The Morgan fingerprint density at radius 2 is 2.25 bits per heavy atom. The van der Waals surface area contributed by atoms with Crippen molar-refractivity contribution < 1.29 is 4.79 Å². The minimum absolute atomic E-state index is 0.164. The summed E-state index contributed by atoms with van der Waals surface area (Å²) in [5, 5.41) is 8.35. The van der Waals surface area contributed by atoms with Crippen LogP contribution in [0.5, 0.6) is 0 Å². The molecule has 1 aliphatic carbocycles. The number of rotatable bonds is 3. The van der Waals surface area contributed by atoms with Crippen molar-refractivity contribution in [3.05, 3.63) is 52.2 Å². The highest BCUT2D eigenvalue weighted by Crippen LogP contribution is 2.38. The quantitative estimate of drug-likeness (QED) is 0.579. The van der Waals surface area contributed by atoms with Crippen molar-refractivity contribution in [2.45, 2.75) is 39.7 Å². The van der Waals surface area contributed by atoms with Gasteiger partial charge in [0.05, 0.1) is 17.6 Å². The lowest BCUT2D eigenvalue weighted by Gasteiger charge is -2.17. The molecule has 1 aliphatic rings. The van der Waals surface area contributed by atoms with Crippen molar-refractivity contribution in [1.29, 1.82) is 0 Å². The van der Waals surface area contributed by atoms with E-state index in [4.69, 9.17) is 4.98 Å². The Labute approximate surface area is 165 Å². The Balaban J connectivity index is 1.54. The van der Waals surface area contributed by atoms with Crippen LogP contribution in [0, 0.1) is 12.8 Å². The van der Waals surface area contributed by atoms with Crippen LogP contribution in [0.15, 0.2) is 24.4 Å². The van der Waals surface area contributed by atoms with Gasteiger partial charge in [0.25, 0.3) is 5.91 Å². The summed E-state index contributed by atoms with van der Waals surface area (Å²) in [5.41, 5.74) is 2.86. The highest BCUT2D eigenvalue weighted by Gasteiger charge is 2.25. The topological polar surface area (TPSA) is 85.1 Å². The third kappa shape index (κ3) is 2.84. The first-order chi connectivity index (χ1) is 13.6. The van der Waals surface area contributed by atoms with Gasteiger partial charge in [-0.1, -0.05) is 13.0 Å². The van der Waals surface area contributed by atoms with Gasteiger partial charge in [0.2, 0.25) is 5.82 Å². The lowest BCUT2D eigenvalue weighted by molar-refractivity contribution is 0.0940. The van der Waals surface area contributed by atoms with E-state index >= 15 is 0 Å². The maximum absolute atomic E-state index is 12.6. The van der Waals surface area contributed by atoms with E-state index in [-0.39, 0.29) is 11.7 Å². The third-order valence-corrected chi connectivity index (χ3v) is 6.43. The van der Waals surface area contributed by atoms with E-state index in [0.29, 0.717) is 12.5 Å².